The summed E-state index contributed by atoms with van der Waals surface area (Å²) in [6.07, 6.45) is 6.63. The Kier molecular flexibility index (Phi) is 7.15. The number of nitrogens with zero attached hydrogens (tertiary/aromatic N) is 5. The number of aliphatic hydroxyl groups excluding tert-OH is 1. The van der Waals surface area contributed by atoms with Crippen LogP contribution in [0.2, 0.25) is 0 Å². The summed E-state index contributed by atoms with van der Waals surface area (Å²) >= 11 is 0. The molecule has 0 spiro atoms. The maximum absolute atomic E-state index is 15.5. The number of aliphatic hydroxyl groups is 1. The first-order valence-electron chi connectivity index (χ1n) is 13.8. The van der Waals surface area contributed by atoms with Crippen LogP contribution in [0.3, 0.4) is 0 Å². The van der Waals surface area contributed by atoms with Crippen molar-refractivity contribution < 1.29 is 18.6 Å². The van der Waals surface area contributed by atoms with Crippen molar-refractivity contribution in [1.29, 1.82) is 5.26 Å². The van der Waals surface area contributed by atoms with Gasteiger partial charge in [-0.3, -0.25) is 4.98 Å². The quantitative estimate of drug-likeness (QED) is 0.323. The third-order valence-electron chi connectivity index (χ3n) is 8.57. The highest BCUT2D eigenvalue weighted by Crippen LogP contribution is 2.40. The van der Waals surface area contributed by atoms with E-state index in [1.54, 1.807) is 30.7 Å². The van der Waals surface area contributed by atoms with Gasteiger partial charge in [0.25, 0.3) is 0 Å². The number of pyridine rings is 1. The predicted octanol–water partition coefficient (Wildman–Crippen LogP) is 4.59. The van der Waals surface area contributed by atoms with Crippen LogP contribution in [0, 0.1) is 28.9 Å². The van der Waals surface area contributed by atoms with E-state index in [1.807, 2.05) is 13.0 Å². The highest BCUT2D eigenvalue weighted by Gasteiger charge is 2.36. The summed E-state index contributed by atoms with van der Waals surface area (Å²) in [7, 11) is 0. The number of hydrogen-bond donors (Lipinski definition) is 3. The summed E-state index contributed by atoms with van der Waals surface area (Å²) in [6.45, 7) is 2.72. The molecule has 1 saturated heterocycles. The lowest BCUT2D eigenvalue weighted by Crippen LogP contribution is -2.44. The number of anilines is 2. The van der Waals surface area contributed by atoms with Crippen LogP contribution in [0.1, 0.15) is 49.7 Å². The molecule has 41 heavy (non-hydrogen) atoms. The molecule has 212 valence electrons. The monoisotopic (exact) mass is 559 g/mol. The minimum Gasteiger partial charge on any atom is -0.391 e. The molecular formula is C30H31F2N7O2. The lowest BCUT2D eigenvalue weighted by molar-refractivity contribution is 0.0521. The van der Waals surface area contributed by atoms with Crippen molar-refractivity contribution in [2.45, 2.75) is 56.1 Å². The van der Waals surface area contributed by atoms with Crippen LogP contribution in [0.25, 0.3) is 16.8 Å². The Morgan fingerprint density at radius 2 is 1.90 bits per heavy atom. The van der Waals surface area contributed by atoms with Gasteiger partial charge in [-0.15, -0.1) is 0 Å². The number of nitriles is 1. The number of imidazole rings is 1. The molecule has 0 bridgehead atoms. The topological polar surface area (TPSA) is 134 Å². The summed E-state index contributed by atoms with van der Waals surface area (Å²) in [5, 5.41) is 28.0. The summed E-state index contributed by atoms with van der Waals surface area (Å²) in [5.41, 5.74) is 7.69. The van der Waals surface area contributed by atoms with E-state index in [4.69, 9.17) is 10.5 Å². The Labute approximate surface area is 236 Å². The number of nitrogens with two attached hydrogens (primary N) is 1. The van der Waals surface area contributed by atoms with Crippen LogP contribution < -0.4 is 11.1 Å². The van der Waals surface area contributed by atoms with Gasteiger partial charge in [0.15, 0.2) is 0 Å². The van der Waals surface area contributed by atoms with Crippen LogP contribution in [-0.2, 0) is 10.2 Å². The molecule has 0 amide bonds. The minimum absolute atomic E-state index is 0.0481. The molecule has 0 radical (unpaired) electrons. The predicted molar refractivity (Wildman–Crippen MR) is 148 cm³/mol. The van der Waals surface area contributed by atoms with E-state index in [2.05, 4.69) is 26.5 Å². The SMILES string of the molecule is C[C@H]1C[C@@H](c2ccncc2Nc2ncc3ccc(-c4c(F)cc(C5(C#N)CCOCC5)cc4F)nn23)C[C@@H](N)[C@H]1O. The molecular weight excluding hydrogens is 528 g/mol. The summed E-state index contributed by atoms with van der Waals surface area (Å²) in [4.78, 5) is 8.73. The van der Waals surface area contributed by atoms with E-state index in [0.29, 0.717) is 55.2 Å². The molecule has 1 aliphatic heterocycles. The zero-order valence-electron chi connectivity index (χ0n) is 22.6. The van der Waals surface area contributed by atoms with Gasteiger partial charge in [-0.25, -0.2) is 13.8 Å². The molecule has 2 aliphatic rings. The maximum Gasteiger partial charge on any atom is 0.229 e. The van der Waals surface area contributed by atoms with Gasteiger partial charge in [0.2, 0.25) is 5.95 Å². The van der Waals surface area contributed by atoms with Crippen molar-refractivity contribution in [1.82, 2.24) is 19.6 Å². The van der Waals surface area contributed by atoms with Gasteiger partial charge in [-0.05, 0) is 79.0 Å². The highest BCUT2D eigenvalue weighted by molar-refractivity contribution is 5.66. The van der Waals surface area contributed by atoms with Crippen molar-refractivity contribution >= 4 is 17.2 Å². The zero-order chi connectivity index (χ0) is 28.7. The van der Waals surface area contributed by atoms with Crippen molar-refractivity contribution in [2.75, 3.05) is 18.5 Å². The molecule has 1 saturated carbocycles. The zero-order valence-corrected chi connectivity index (χ0v) is 22.6. The Bertz CT molecular complexity index is 1590. The third-order valence-corrected chi connectivity index (χ3v) is 8.57. The second-order valence-corrected chi connectivity index (χ2v) is 11.1. The average molecular weight is 560 g/mol. The number of aromatic nitrogens is 4. The number of nitrogens with one attached hydrogen (secondary N) is 1. The molecule has 4 N–H and O–H groups in total. The largest absolute Gasteiger partial charge is 0.391 e. The molecule has 1 aliphatic carbocycles. The van der Waals surface area contributed by atoms with Crippen molar-refractivity contribution in [2.24, 2.45) is 11.7 Å². The Balaban J connectivity index is 1.34. The van der Waals surface area contributed by atoms with Crippen LogP contribution in [-0.4, -0.2) is 50.0 Å². The standard InChI is InChI=1S/C30H31F2N7O2/c1-17-10-18(11-24(34)28(17)40)21-4-7-35-15-26(21)37-29-36-14-20-2-3-25(38-39(20)29)27-22(31)12-19(13-23(27)32)30(16-33)5-8-41-9-6-30/h2-4,7,12-15,17-18,24,28,40H,5-6,8-11,34H2,1H3,(H,36,37)/t17-,18+,24+,28-/m0/s1. The normalized spacial score (nSPS) is 24.2. The second kappa shape index (κ2) is 10.8. The van der Waals surface area contributed by atoms with Crippen molar-refractivity contribution in [3.05, 3.63) is 71.7 Å². The molecule has 11 heteroatoms. The molecule has 3 aromatic heterocycles. The molecule has 0 unspecified atom stereocenters. The first-order valence-corrected chi connectivity index (χ1v) is 13.8. The van der Waals surface area contributed by atoms with Crippen LogP contribution in [0.15, 0.2) is 48.9 Å². The minimum atomic E-state index is -0.989. The fourth-order valence-corrected chi connectivity index (χ4v) is 6.20. The lowest BCUT2D eigenvalue weighted by Gasteiger charge is -2.36. The number of rotatable bonds is 5. The van der Waals surface area contributed by atoms with Crippen molar-refractivity contribution in [3.63, 3.8) is 0 Å². The van der Waals surface area contributed by atoms with Gasteiger partial charge in [-0.2, -0.15) is 14.9 Å². The summed E-state index contributed by atoms with van der Waals surface area (Å²) < 4.78 is 37.8. The molecule has 4 heterocycles. The van der Waals surface area contributed by atoms with E-state index in [1.165, 1.54) is 16.6 Å². The molecule has 4 atom stereocenters. The maximum atomic E-state index is 15.5. The highest BCUT2D eigenvalue weighted by atomic mass is 19.1. The van der Waals surface area contributed by atoms with Crippen LogP contribution in [0.5, 0.6) is 0 Å². The summed E-state index contributed by atoms with van der Waals surface area (Å²) in [6, 6.07) is 9.57. The fraction of sp³-hybridized carbons (Fsp3) is 0.400. The van der Waals surface area contributed by atoms with Crippen LogP contribution >= 0.6 is 0 Å². The number of hydrogen-bond acceptors (Lipinski definition) is 8. The smallest absolute Gasteiger partial charge is 0.229 e. The van der Waals surface area contributed by atoms with Crippen molar-refractivity contribution in [3.8, 4) is 17.3 Å². The van der Waals surface area contributed by atoms with E-state index in [0.717, 1.165) is 12.0 Å². The molecule has 1 aromatic carbocycles. The first-order chi connectivity index (χ1) is 19.8. The Morgan fingerprint density at radius 1 is 1.15 bits per heavy atom. The fourth-order valence-electron chi connectivity index (χ4n) is 6.20. The number of fused-ring (bicyclic) bond motifs is 1. The summed E-state index contributed by atoms with van der Waals surface area (Å²) in [5.74, 6) is -1.07. The first kappa shape index (κ1) is 27.2. The molecule has 4 aromatic rings. The third kappa shape index (κ3) is 4.92. The number of benzene rings is 1. The van der Waals surface area contributed by atoms with E-state index < -0.39 is 23.2 Å². The van der Waals surface area contributed by atoms with E-state index in [9.17, 15) is 10.4 Å². The van der Waals surface area contributed by atoms with Crippen LogP contribution in [0.4, 0.5) is 20.4 Å². The molecule has 2 fully saturated rings. The van der Waals surface area contributed by atoms with Gasteiger partial charge in [0.1, 0.15) is 11.6 Å². The number of ether oxygens (including phenoxy) is 1. The van der Waals surface area contributed by atoms with Gasteiger partial charge in [0, 0.05) is 25.5 Å². The van der Waals surface area contributed by atoms with Gasteiger partial charge < -0.3 is 20.9 Å². The van der Waals surface area contributed by atoms with Gasteiger partial charge >= 0.3 is 0 Å². The average Bonchev–Trinajstić information content (AvgIpc) is 3.37. The van der Waals surface area contributed by atoms with E-state index >= 15 is 8.78 Å². The molecule has 6 rings (SSSR count). The second-order valence-electron chi connectivity index (χ2n) is 11.1. The van der Waals surface area contributed by atoms with Gasteiger partial charge in [-0.1, -0.05) is 6.92 Å². The van der Waals surface area contributed by atoms with Gasteiger partial charge in [0.05, 0.1) is 52.4 Å². The molecule has 9 nitrogen and oxygen atoms in total. The Hall–Kier alpha value is -3.98. The lowest BCUT2D eigenvalue weighted by atomic mass is 9.74. The van der Waals surface area contributed by atoms with E-state index in [-0.39, 0.29) is 29.1 Å². The number of halogens is 2. The Morgan fingerprint density at radius 3 is 2.61 bits per heavy atom.